The molecular weight excluding hydrogens is 390 g/mol. The first-order chi connectivity index (χ1) is 14.9. The fraction of sp³-hybridized carbons (Fsp3) is 0.292. The molecule has 4 rings (SSSR count). The summed E-state index contributed by atoms with van der Waals surface area (Å²) in [6, 6.07) is 12.3. The molecule has 7 heteroatoms. The summed E-state index contributed by atoms with van der Waals surface area (Å²) in [7, 11) is 3.25. The highest BCUT2D eigenvalue weighted by Crippen LogP contribution is 2.35. The van der Waals surface area contributed by atoms with Crippen LogP contribution in [0.3, 0.4) is 0 Å². The van der Waals surface area contributed by atoms with Crippen molar-refractivity contribution in [3.8, 4) is 22.6 Å². The van der Waals surface area contributed by atoms with Crippen molar-refractivity contribution in [2.45, 2.75) is 33.7 Å². The van der Waals surface area contributed by atoms with Gasteiger partial charge in [-0.25, -0.2) is 9.97 Å². The number of benzene rings is 2. The standard InChI is InChI=1S/C24H27N5O2/c1-13(17-8-7-9-18(10-17)23-14(2)28-29-15(23)3)25-24-19-11-21(30-5)22(31-6)12-20(19)26-16(4)27-24/h7-13H,1-6H3,(H,28,29)(H,25,26,27). The molecule has 160 valence electrons. The lowest BCUT2D eigenvalue weighted by Gasteiger charge is -2.18. The Kier molecular flexibility index (Phi) is 5.50. The first-order valence-electron chi connectivity index (χ1n) is 10.2. The molecule has 7 nitrogen and oxygen atoms in total. The summed E-state index contributed by atoms with van der Waals surface area (Å²) in [5.41, 5.74) is 6.31. The Bertz CT molecular complexity index is 1230. The lowest BCUT2D eigenvalue weighted by Crippen LogP contribution is -2.10. The third-order valence-electron chi connectivity index (χ3n) is 5.47. The molecule has 4 aromatic rings. The lowest BCUT2D eigenvalue weighted by atomic mass is 9.99. The van der Waals surface area contributed by atoms with Crippen molar-refractivity contribution in [2.24, 2.45) is 0 Å². The molecule has 0 fully saturated rings. The number of nitrogens with zero attached hydrogens (tertiary/aromatic N) is 3. The Labute approximate surface area is 181 Å². The number of anilines is 1. The number of fused-ring (bicyclic) bond motifs is 1. The minimum atomic E-state index is 0.0260. The van der Waals surface area contributed by atoms with Crippen LogP contribution in [0.4, 0.5) is 5.82 Å². The summed E-state index contributed by atoms with van der Waals surface area (Å²) in [5.74, 6) is 2.74. The van der Waals surface area contributed by atoms with E-state index in [2.05, 4.69) is 56.7 Å². The quantitative estimate of drug-likeness (QED) is 0.452. The molecule has 0 radical (unpaired) electrons. The molecule has 0 saturated heterocycles. The molecule has 2 N–H and O–H groups in total. The molecule has 0 amide bonds. The molecule has 0 aliphatic heterocycles. The second kappa shape index (κ2) is 8.26. The van der Waals surface area contributed by atoms with Crippen LogP contribution in [0.5, 0.6) is 11.5 Å². The molecule has 2 aromatic carbocycles. The smallest absolute Gasteiger partial charge is 0.162 e. The van der Waals surface area contributed by atoms with Gasteiger partial charge in [0.1, 0.15) is 11.6 Å². The number of aromatic amines is 1. The van der Waals surface area contributed by atoms with Gasteiger partial charge in [0.05, 0.1) is 25.4 Å². The van der Waals surface area contributed by atoms with Crippen LogP contribution in [0.1, 0.15) is 35.7 Å². The third-order valence-corrected chi connectivity index (χ3v) is 5.47. The normalized spacial score (nSPS) is 12.1. The summed E-state index contributed by atoms with van der Waals surface area (Å²) in [5, 5.41) is 11.8. The second-order valence-electron chi connectivity index (χ2n) is 7.64. The number of aromatic nitrogens is 4. The largest absolute Gasteiger partial charge is 0.493 e. The highest BCUT2D eigenvalue weighted by molar-refractivity contribution is 5.92. The first kappa shape index (κ1) is 20.7. The number of rotatable bonds is 6. The van der Waals surface area contributed by atoms with E-state index in [1.54, 1.807) is 14.2 Å². The van der Waals surface area contributed by atoms with Crippen molar-refractivity contribution >= 4 is 16.7 Å². The van der Waals surface area contributed by atoms with Crippen LogP contribution in [0.15, 0.2) is 36.4 Å². The number of hydrogen-bond donors (Lipinski definition) is 2. The van der Waals surface area contributed by atoms with E-state index in [0.717, 1.165) is 44.8 Å². The predicted octanol–water partition coefficient (Wildman–Crippen LogP) is 5.14. The van der Waals surface area contributed by atoms with E-state index in [1.807, 2.05) is 32.9 Å². The number of aryl methyl sites for hydroxylation is 3. The summed E-state index contributed by atoms with van der Waals surface area (Å²) in [4.78, 5) is 9.24. The van der Waals surface area contributed by atoms with E-state index in [1.165, 1.54) is 0 Å². The molecule has 0 spiro atoms. The molecule has 31 heavy (non-hydrogen) atoms. The highest BCUT2D eigenvalue weighted by Gasteiger charge is 2.16. The molecule has 0 saturated carbocycles. The molecule has 1 unspecified atom stereocenters. The summed E-state index contributed by atoms with van der Waals surface area (Å²) < 4.78 is 10.9. The number of H-pyrrole nitrogens is 1. The Balaban J connectivity index is 1.72. The van der Waals surface area contributed by atoms with Gasteiger partial charge in [-0.05, 0) is 51.0 Å². The van der Waals surface area contributed by atoms with Crippen LogP contribution >= 0.6 is 0 Å². The van der Waals surface area contributed by atoms with Gasteiger partial charge in [-0.15, -0.1) is 0 Å². The molecule has 1 atom stereocenters. The van der Waals surface area contributed by atoms with Crippen LogP contribution in [0.2, 0.25) is 0 Å². The topological polar surface area (TPSA) is 85.0 Å². The summed E-state index contributed by atoms with van der Waals surface area (Å²) in [6.45, 7) is 8.07. The van der Waals surface area contributed by atoms with Gasteiger partial charge in [0, 0.05) is 28.8 Å². The minimum Gasteiger partial charge on any atom is -0.493 e. The Morgan fingerprint density at radius 1 is 0.968 bits per heavy atom. The van der Waals surface area contributed by atoms with Gasteiger partial charge < -0.3 is 14.8 Å². The van der Waals surface area contributed by atoms with E-state index in [0.29, 0.717) is 17.3 Å². The van der Waals surface area contributed by atoms with Crippen LogP contribution in [-0.4, -0.2) is 34.4 Å². The second-order valence-corrected chi connectivity index (χ2v) is 7.64. The Hall–Kier alpha value is -3.61. The van der Waals surface area contributed by atoms with Crippen LogP contribution in [0, 0.1) is 20.8 Å². The van der Waals surface area contributed by atoms with Gasteiger partial charge in [-0.1, -0.05) is 18.2 Å². The molecular formula is C24H27N5O2. The van der Waals surface area contributed by atoms with E-state index in [9.17, 15) is 0 Å². The van der Waals surface area contributed by atoms with Crippen molar-refractivity contribution < 1.29 is 9.47 Å². The summed E-state index contributed by atoms with van der Waals surface area (Å²) in [6.07, 6.45) is 0. The van der Waals surface area contributed by atoms with Gasteiger partial charge in [-0.3, -0.25) is 5.10 Å². The maximum absolute atomic E-state index is 5.48. The average Bonchev–Trinajstić information content (AvgIpc) is 3.10. The van der Waals surface area contributed by atoms with Crippen LogP contribution in [0.25, 0.3) is 22.0 Å². The predicted molar refractivity (Wildman–Crippen MR) is 123 cm³/mol. The number of ether oxygens (including phenoxy) is 2. The fourth-order valence-electron chi connectivity index (χ4n) is 3.91. The van der Waals surface area contributed by atoms with Crippen LogP contribution in [-0.2, 0) is 0 Å². The van der Waals surface area contributed by atoms with Gasteiger partial charge in [-0.2, -0.15) is 5.10 Å². The van der Waals surface area contributed by atoms with Crippen molar-refractivity contribution in [3.63, 3.8) is 0 Å². The van der Waals surface area contributed by atoms with Gasteiger partial charge >= 0.3 is 0 Å². The SMILES string of the molecule is COc1cc2nc(C)nc(NC(C)c3cccc(-c4c(C)n[nH]c4C)c3)c2cc1OC. The van der Waals surface area contributed by atoms with Crippen molar-refractivity contribution in [2.75, 3.05) is 19.5 Å². The van der Waals surface area contributed by atoms with E-state index in [4.69, 9.17) is 9.47 Å². The van der Waals surface area contributed by atoms with Crippen molar-refractivity contribution in [3.05, 3.63) is 59.2 Å². The molecule has 0 aliphatic carbocycles. The molecule has 2 heterocycles. The minimum absolute atomic E-state index is 0.0260. The molecule has 2 aromatic heterocycles. The average molecular weight is 418 g/mol. The molecule has 0 aliphatic rings. The Morgan fingerprint density at radius 2 is 1.71 bits per heavy atom. The van der Waals surface area contributed by atoms with Gasteiger partial charge in [0.2, 0.25) is 0 Å². The number of hydrogen-bond acceptors (Lipinski definition) is 6. The zero-order chi connectivity index (χ0) is 22.1. The van der Waals surface area contributed by atoms with E-state index < -0.39 is 0 Å². The summed E-state index contributed by atoms with van der Waals surface area (Å²) >= 11 is 0. The zero-order valence-electron chi connectivity index (χ0n) is 18.7. The van der Waals surface area contributed by atoms with Gasteiger partial charge in [0.15, 0.2) is 11.5 Å². The first-order valence-corrected chi connectivity index (χ1v) is 10.2. The van der Waals surface area contributed by atoms with Crippen molar-refractivity contribution in [1.29, 1.82) is 0 Å². The Morgan fingerprint density at radius 3 is 2.39 bits per heavy atom. The number of methoxy groups -OCH3 is 2. The van der Waals surface area contributed by atoms with Crippen molar-refractivity contribution in [1.82, 2.24) is 20.2 Å². The number of nitrogens with one attached hydrogen (secondary N) is 2. The maximum Gasteiger partial charge on any atom is 0.162 e. The monoisotopic (exact) mass is 417 g/mol. The zero-order valence-corrected chi connectivity index (χ0v) is 18.7. The lowest BCUT2D eigenvalue weighted by molar-refractivity contribution is 0.356. The fourth-order valence-corrected chi connectivity index (χ4v) is 3.91. The third kappa shape index (κ3) is 3.91. The van der Waals surface area contributed by atoms with E-state index in [-0.39, 0.29) is 6.04 Å². The van der Waals surface area contributed by atoms with E-state index >= 15 is 0 Å². The van der Waals surface area contributed by atoms with Crippen LogP contribution < -0.4 is 14.8 Å². The molecule has 0 bridgehead atoms. The highest BCUT2D eigenvalue weighted by atomic mass is 16.5. The maximum atomic E-state index is 5.48. The van der Waals surface area contributed by atoms with Gasteiger partial charge in [0.25, 0.3) is 0 Å².